The molecule has 3 aromatic rings. The number of H-pyrrole nitrogens is 1. The van der Waals surface area contributed by atoms with Crippen LogP contribution in [0.4, 0.5) is 0 Å². The Balaban J connectivity index is 1.62. The summed E-state index contributed by atoms with van der Waals surface area (Å²) < 4.78 is 46.9. The maximum Gasteiger partial charge on any atom is 0.233 e. The molecule has 1 aromatic carbocycles. The predicted octanol–water partition coefficient (Wildman–Crippen LogP) is 3.21. The molecule has 2 N–H and O–H groups in total. The standard InChI is InChI=1S/C25H29N3O7S/c1-4-36(30,31)24-8-5-18(12-26-24)34-20-10-17(9-19(11-20)33-16(2)15-32-3)22-6-7-23(28-22)25-27-13-21(14-29)35-25/h5-12,16,21,28-29H,4,13-15H2,1-3H3/t16-,21+/m0/s1. The van der Waals surface area contributed by atoms with Crippen molar-refractivity contribution >= 4 is 15.7 Å². The lowest BCUT2D eigenvalue weighted by molar-refractivity contribution is 0.0920. The minimum Gasteiger partial charge on any atom is -0.488 e. The molecule has 11 heteroatoms. The fourth-order valence-corrected chi connectivity index (χ4v) is 4.38. The monoisotopic (exact) mass is 515 g/mol. The van der Waals surface area contributed by atoms with E-state index in [0.29, 0.717) is 42.0 Å². The van der Waals surface area contributed by atoms with E-state index in [9.17, 15) is 13.5 Å². The molecule has 0 fully saturated rings. The van der Waals surface area contributed by atoms with Crippen molar-refractivity contribution in [2.75, 3.05) is 32.6 Å². The lowest BCUT2D eigenvalue weighted by Crippen LogP contribution is -2.18. The van der Waals surface area contributed by atoms with E-state index in [0.717, 1.165) is 11.3 Å². The van der Waals surface area contributed by atoms with Crippen molar-refractivity contribution in [2.24, 2.45) is 4.99 Å². The zero-order valence-electron chi connectivity index (χ0n) is 20.3. The van der Waals surface area contributed by atoms with Crippen LogP contribution in [0.1, 0.15) is 19.5 Å². The Kier molecular flexibility index (Phi) is 7.92. The number of rotatable bonds is 11. The molecule has 0 bridgehead atoms. The molecule has 2 aromatic heterocycles. The first kappa shape index (κ1) is 25.7. The average Bonchev–Trinajstić information content (AvgIpc) is 3.54. The molecule has 0 aliphatic carbocycles. The van der Waals surface area contributed by atoms with Gasteiger partial charge in [0.1, 0.15) is 35.2 Å². The largest absolute Gasteiger partial charge is 0.488 e. The molecule has 10 nitrogen and oxygen atoms in total. The second kappa shape index (κ2) is 11.1. The van der Waals surface area contributed by atoms with E-state index >= 15 is 0 Å². The minimum absolute atomic E-state index is 0.00270. The van der Waals surface area contributed by atoms with E-state index in [2.05, 4.69) is 15.0 Å². The molecule has 0 unspecified atom stereocenters. The van der Waals surface area contributed by atoms with Gasteiger partial charge in [0.25, 0.3) is 0 Å². The van der Waals surface area contributed by atoms with Gasteiger partial charge in [-0.2, -0.15) is 0 Å². The van der Waals surface area contributed by atoms with Gasteiger partial charge in [0.2, 0.25) is 5.90 Å². The Morgan fingerprint density at radius 1 is 1.14 bits per heavy atom. The van der Waals surface area contributed by atoms with Gasteiger partial charge in [-0.05, 0) is 43.3 Å². The highest BCUT2D eigenvalue weighted by molar-refractivity contribution is 7.91. The van der Waals surface area contributed by atoms with Crippen LogP contribution in [0, 0.1) is 0 Å². The summed E-state index contributed by atoms with van der Waals surface area (Å²) in [4.78, 5) is 11.7. The molecule has 0 saturated heterocycles. The summed E-state index contributed by atoms with van der Waals surface area (Å²) in [5.74, 6) is 1.85. The van der Waals surface area contributed by atoms with Gasteiger partial charge >= 0.3 is 0 Å². The van der Waals surface area contributed by atoms with Crippen molar-refractivity contribution in [1.82, 2.24) is 9.97 Å². The van der Waals surface area contributed by atoms with Crippen LogP contribution in [0.5, 0.6) is 17.2 Å². The fourth-order valence-electron chi connectivity index (χ4n) is 3.60. The lowest BCUT2D eigenvalue weighted by Gasteiger charge is -2.16. The van der Waals surface area contributed by atoms with Gasteiger partial charge in [-0.25, -0.2) is 18.4 Å². The van der Waals surface area contributed by atoms with Crippen LogP contribution in [0.3, 0.4) is 0 Å². The van der Waals surface area contributed by atoms with E-state index in [-0.39, 0.29) is 29.6 Å². The van der Waals surface area contributed by atoms with Gasteiger partial charge in [-0.1, -0.05) is 6.92 Å². The third-order valence-electron chi connectivity index (χ3n) is 5.41. The zero-order chi connectivity index (χ0) is 25.7. The van der Waals surface area contributed by atoms with Gasteiger partial charge in [-0.15, -0.1) is 0 Å². The molecule has 0 spiro atoms. The molecule has 2 atom stereocenters. The number of benzene rings is 1. The Morgan fingerprint density at radius 2 is 1.92 bits per heavy atom. The number of nitrogens with zero attached hydrogens (tertiary/aromatic N) is 2. The molecular formula is C25H29N3O7S. The van der Waals surface area contributed by atoms with Crippen LogP contribution in [-0.2, 0) is 19.3 Å². The van der Waals surface area contributed by atoms with E-state index in [1.165, 1.54) is 12.3 Å². The first-order chi connectivity index (χ1) is 17.3. The number of hydrogen-bond acceptors (Lipinski definition) is 9. The molecule has 192 valence electrons. The molecule has 4 rings (SSSR count). The van der Waals surface area contributed by atoms with Gasteiger partial charge in [0.05, 0.1) is 31.7 Å². The average molecular weight is 516 g/mol. The van der Waals surface area contributed by atoms with E-state index in [4.69, 9.17) is 18.9 Å². The number of sulfone groups is 1. The number of aromatic amines is 1. The quantitative estimate of drug-likeness (QED) is 0.398. The SMILES string of the molecule is CCS(=O)(=O)c1ccc(Oc2cc(O[C@@H](C)COC)cc(-c3ccc(C4=NC[C@H](CO)O4)[nH]3)c2)cn1. The Morgan fingerprint density at radius 3 is 2.58 bits per heavy atom. The molecule has 36 heavy (non-hydrogen) atoms. The van der Waals surface area contributed by atoms with Crippen molar-refractivity contribution < 1.29 is 32.5 Å². The Bertz CT molecular complexity index is 1320. The number of nitrogens with one attached hydrogen (secondary N) is 1. The topological polar surface area (TPSA) is 132 Å². The first-order valence-electron chi connectivity index (χ1n) is 11.5. The number of methoxy groups -OCH3 is 1. The Labute approximate surface area is 209 Å². The van der Waals surface area contributed by atoms with Crippen molar-refractivity contribution in [2.45, 2.75) is 31.1 Å². The molecular weight excluding hydrogens is 486 g/mol. The summed E-state index contributed by atoms with van der Waals surface area (Å²) in [5.41, 5.74) is 2.26. The van der Waals surface area contributed by atoms with E-state index < -0.39 is 9.84 Å². The molecule has 1 aliphatic rings. The number of aromatic nitrogens is 2. The molecule has 3 heterocycles. The normalized spacial score (nSPS) is 16.3. The maximum absolute atomic E-state index is 12.0. The molecule has 0 saturated carbocycles. The van der Waals surface area contributed by atoms with Gasteiger partial charge in [0, 0.05) is 24.4 Å². The number of ether oxygens (including phenoxy) is 4. The highest BCUT2D eigenvalue weighted by atomic mass is 32.2. The smallest absolute Gasteiger partial charge is 0.233 e. The van der Waals surface area contributed by atoms with Crippen LogP contribution < -0.4 is 9.47 Å². The van der Waals surface area contributed by atoms with E-state index in [1.807, 2.05) is 31.2 Å². The highest BCUT2D eigenvalue weighted by Crippen LogP contribution is 2.33. The van der Waals surface area contributed by atoms with Gasteiger partial charge in [-0.3, -0.25) is 0 Å². The summed E-state index contributed by atoms with van der Waals surface area (Å²) in [7, 11) is -1.80. The highest BCUT2D eigenvalue weighted by Gasteiger charge is 2.21. The van der Waals surface area contributed by atoms with E-state index in [1.54, 1.807) is 26.2 Å². The Hall–Kier alpha value is -3.41. The number of aliphatic hydroxyl groups excluding tert-OH is 1. The minimum atomic E-state index is -3.40. The summed E-state index contributed by atoms with van der Waals surface area (Å²) in [5, 5.41) is 9.30. The summed E-state index contributed by atoms with van der Waals surface area (Å²) in [6, 6.07) is 12.2. The third-order valence-corrected chi connectivity index (χ3v) is 7.05. The second-order valence-corrected chi connectivity index (χ2v) is 10.5. The van der Waals surface area contributed by atoms with Crippen LogP contribution >= 0.6 is 0 Å². The molecule has 1 aliphatic heterocycles. The van der Waals surface area contributed by atoms with Crippen LogP contribution in [0.2, 0.25) is 0 Å². The zero-order valence-corrected chi connectivity index (χ0v) is 21.1. The van der Waals surface area contributed by atoms with Crippen molar-refractivity contribution in [1.29, 1.82) is 0 Å². The number of aliphatic hydroxyl groups is 1. The summed E-state index contributed by atoms with van der Waals surface area (Å²) in [6.07, 6.45) is 0.843. The van der Waals surface area contributed by atoms with Crippen LogP contribution in [0.15, 0.2) is 58.7 Å². The maximum atomic E-state index is 12.0. The fraction of sp³-hybridized carbons (Fsp3) is 0.360. The number of aliphatic imine (C=N–C) groups is 1. The lowest BCUT2D eigenvalue weighted by atomic mass is 10.1. The van der Waals surface area contributed by atoms with Crippen LogP contribution in [0.25, 0.3) is 11.3 Å². The first-order valence-corrected chi connectivity index (χ1v) is 13.2. The third kappa shape index (κ3) is 6.04. The van der Waals surface area contributed by atoms with Crippen LogP contribution in [-0.4, -0.2) is 74.2 Å². The van der Waals surface area contributed by atoms with Gasteiger partial charge < -0.3 is 29.0 Å². The molecule has 0 radical (unpaired) electrons. The number of hydrogen-bond donors (Lipinski definition) is 2. The predicted molar refractivity (Wildman–Crippen MR) is 134 cm³/mol. The van der Waals surface area contributed by atoms with Crippen molar-refractivity contribution in [3.05, 3.63) is 54.4 Å². The summed E-state index contributed by atoms with van der Waals surface area (Å²) in [6.45, 7) is 4.19. The molecule has 0 amide bonds. The van der Waals surface area contributed by atoms with Crippen molar-refractivity contribution in [3.63, 3.8) is 0 Å². The van der Waals surface area contributed by atoms with Gasteiger partial charge in [0.15, 0.2) is 14.9 Å². The number of pyridine rings is 1. The summed E-state index contributed by atoms with van der Waals surface area (Å²) >= 11 is 0. The second-order valence-electron chi connectivity index (χ2n) is 8.27. The van der Waals surface area contributed by atoms with Crippen molar-refractivity contribution in [3.8, 4) is 28.5 Å².